The minimum absolute atomic E-state index is 0.0374. The first-order chi connectivity index (χ1) is 41.0. The Labute approximate surface area is 518 Å². The van der Waals surface area contributed by atoms with Crippen LogP contribution in [0.4, 0.5) is 0 Å². The van der Waals surface area contributed by atoms with Crippen molar-refractivity contribution in [3.63, 3.8) is 0 Å². The molecular formula is C74H130NO8P. The van der Waals surface area contributed by atoms with E-state index in [0.717, 1.165) is 96.3 Å². The number of quaternary nitrogens is 1. The first-order valence-electron chi connectivity index (χ1n) is 34.6. The Balaban J connectivity index is 4.09. The summed E-state index contributed by atoms with van der Waals surface area (Å²) >= 11 is 0. The predicted octanol–water partition coefficient (Wildman–Crippen LogP) is 21.9. The number of unbranched alkanes of at least 4 members (excludes halogenated alkanes) is 31. The van der Waals surface area contributed by atoms with Crippen molar-refractivity contribution in [2.75, 3.05) is 47.5 Å². The SMILES string of the molecule is CC/C=C\C/C=C\C/C=C\C/C=C\C/C=C\C/C=C\C/C=C\CCCCCCCCCC(=O)OC(COC(=O)CCCCCCCCCCCCCCCCCCCCC/C=C\C/C=C\CCCCCCC)COP(=O)([O-])OCC[N+](C)(C)C. The second-order valence-electron chi connectivity index (χ2n) is 24.2. The van der Waals surface area contributed by atoms with Crippen molar-refractivity contribution in [3.8, 4) is 0 Å². The lowest BCUT2D eigenvalue weighted by molar-refractivity contribution is -0.870. The van der Waals surface area contributed by atoms with Crippen LogP contribution in [-0.2, 0) is 32.7 Å². The zero-order valence-corrected chi connectivity index (χ0v) is 56.0. The van der Waals surface area contributed by atoms with Crippen LogP contribution >= 0.6 is 7.82 Å². The molecule has 0 spiro atoms. The summed E-state index contributed by atoms with van der Waals surface area (Å²) < 4.78 is 34.3. The Hall–Kier alpha value is -3.33. The Morgan fingerprint density at radius 1 is 0.381 bits per heavy atom. The van der Waals surface area contributed by atoms with E-state index in [4.69, 9.17) is 18.5 Å². The number of likely N-dealkylation sites (N-methyl/N-ethyl adjacent to an activating group) is 1. The van der Waals surface area contributed by atoms with Crippen molar-refractivity contribution in [2.24, 2.45) is 0 Å². The Bertz CT molecular complexity index is 1790. The van der Waals surface area contributed by atoms with Crippen LogP contribution < -0.4 is 4.89 Å². The average molecular weight is 1190 g/mol. The van der Waals surface area contributed by atoms with Gasteiger partial charge in [-0.3, -0.25) is 14.2 Å². The second-order valence-corrected chi connectivity index (χ2v) is 25.6. The minimum Gasteiger partial charge on any atom is -0.756 e. The molecule has 0 saturated carbocycles. The van der Waals surface area contributed by atoms with Crippen LogP contribution in [-0.4, -0.2) is 70.0 Å². The van der Waals surface area contributed by atoms with Crippen LogP contribution in [0.3, 0.4) is 0 Å². The van der Waals surface area contributed by atoms with Crippen molar-refractivity contribution in [3.05, 3.63) is 109 Å². The van der Waals surface area contributed by atoms with Gasteiger partial charge in [0.05, 0.1) is 27.7 Å². The number of rotatable bonds is 63. The number of hydrogen-bond acceptors (Lipinski definition) is 8. The average Bonchev–Trinajstić information content (AvgIpc) is 3.61. The van der Waals surface area contributed by atoms with Gasteiger partial charge in [0.2, 0.25) is 0 Å². The molecule has 84 heavy (non-hydrogen) atoms. The van der Waals surface area contributed by atoms with Crippen LogP contribution in [0.15, 0.2) is 109 Å². The first kappa shape index (κ1) is 80.7. The molecule has 0 heterocycles. The van der Waals surface area contributed by atoms with Crippen LogP contribution in [0.2, 0.25) is 0 Å². The lowest BCUT2D eigenvalue weighted by Crippen LogP contribution is -2.37. The second kappa shape index (κ2) is 64.2. The molecule has 484 valence electrons. The maximum atomic E-state index is 12.9. The van der Waals surface area contributed by atoms with Crippen molar-refractivity contribution in [2.45, 2.75) is 302 Å². The Morgan fingerprint density at radius 2 is 0.679 bits per heavy atom. The molecule has 0 aromatic heterocycles. The van der Waals surface area contributed by atoms with E-state index >= 15 is 0 Å². The van der Waals surface area contributed by atoms with Crippen molar-refractivity contribution in [1.29, 1.82) is 0 Å². The zero-order chi connectivity index (χ0) is 61.2. The third kappa shape index (κ3) is 67.8. The molecule has 2 unspecified atom stereocenters. The van der Waals surface area contributed by atoms with E-state index in [2.05, 4.69) is 123 Å². The van der Waals surface area contributed by atoms with E-state index in [1.165, 1.54) is 167 Å². The topological polar surface area (TPSA) is 111 Å². The van der Waals surface area contributed by atoms with E-state index in [9.17, 15) is 19.0 Å². The molecule has 0 N–H and O–H groups in total. The summed E-state index contributed by atoms with van der Waals surface area (Å²) in [4.78, 5) is 38.1. The van der Waals surface area contributed by atoms with Gasteiger partial charge >= 0.3 is 11.9 Å². The van der Waals surface area contributed by atoms with Gasteiger partial charge in [-0.1, -0.05) is 290 Å². The molecule has 0 aromatic rings. The summed E-state index contributed by atoms with van der Waals surface area (Å²) in [5, 5.41) is 0. The highest BCUT2D eigenvalue weighted by molar-refractivity contribution is 7.45. The largest absolute Gasteiger partial charge is 0.756 e. The van der Waals surface area contributed by atoms with Crippen LogP contribution in [0.1, 0.15) is 296 Å². The van der Waals surface area contributed by atoms with Gasteiger partial charge in [0.25, 0.3) is 7.82 Å². The molecule has 0 rings (SSSR count). The van der Waals surface area contributed by atoms with Crippen molar-refractivity contribution < 1.29 is 42.1 Å². The first-order valence-corrected chi connectivity index (χ1v) is 36.1. The Morgan fingerprint density at radius 3 is 1.01 bits per heavy atom. The van der Waals surface area contributed by atoms with Gasteiger partial charge in [-0.2, -0.15) is 0 Å². The molecule has 9 nitrogen and oxygen atoms in total. The number of esters is 2. The number of phosphoric acid groups is 1. The molecule has 0 bridgehead atoms. The van der Waals surface area contributed by atoms with E-state index in [1.54, 1.807) is 0 Å². The molecule has 2 atom stereocenters. The van der Waals surface area contributed by atoms with Crippen LogP contribution in [0.25, 0.3) is 0 Å². The molecule has 0 aliphatic rings. The van der Waals surface area contributed by atoms with Gasteiger partial charge in [-0.05, 0) is 103 Å². The summed E-state index contributed by atoms with van der Waals surface area (Å²) in [6.07, 6.45) is 90.2. The van der Waals surface area contributed by atoms with Crippen molar-refractivity contribution >= 4 is 19.8 Å². The molecule has 10 heteroatoms. The molecule has 0 saturated heterocycles. The normalized spacial score (nSPS) is 13.8. The fraction of sp³-hybridized carbons (Fsp3) is 0.730. The smallest absolute Gasteiger partial charge is 0.306 e. The number of ether oxygens (including phenoxy) is 2. The summed E-state index contributed by atoms with van der Waals surface area (Å²) in [5.41, 5.74) is 0. The molecule has 0 aromatic carbocycles. The summed E-state index contributed by atoms with van der Waals surface area (Å²) in [7, 11) is 1.15. The van der Waals surface area contributed by atoms with Gasteiger partial charge in [0.15, 0.2) is 6.10 Å². The summed E-state index contributed by atoms with van der Waals surface area (Å²) in [5.74, 6) is -0.842. The standard InChI is InChI=1S/C74H130NO8P/c1-6-8-10-12-14-16-18-20-22-24-26-28-30-32-34-36-37-39-40-42-44-46-48-50-52-54-56-58-60-62-64-66-73(76)80-70-72(71-82-84(78,79)81-69-68-75(3,4)5)83-74(77)67-65-63-61-59-57-55-53-51-49-47-45-43-41-38-35-33-31-29-27-25-23-21-19-17-15-13-11-9-7-2/h9,11,15,17-18,20-21,23-24,26-27,29,33,35,41,43,47,49,72H,6-8,10,12-14,16,19,22,25,28,30-32,34,36-40,42,44-46,48,50-71H2,1-5H3/b11-9-,17-15-,20-18-,23-21-,26-24-,29-27-,35-33-,43-41-,49-47-. The van der Waals surface area contributed by atoms with E-state index < -0.39 is 26.5 Å². The molecule has 0 radical (unpaired) electrons. The molecule has 0 amide bonds. The number of nitrogens with zero attached hydrogens (tertiary/aromatic N) is 1. The molecule has 0 aliphatic heterocycles. The van der Waals surface area contributed by atoms with E-state index in [1.807, 2.05) is 21.1 Å². The highest BCUT2D eigenvalue weighted by Crippen LogP contribution is 2.38. The predicted molar refractivity (Wildman–Crippen MR) is 360 cm³/mol. The fourth-order valence-electron chi connectivity index (χ4n) is 9.49. The lowest BCUT2D eigenvalue weighted by atomic mass is 10.0. The highest BCUT2D eigenvalue weighted by atomic mass is 31.2. The number of hydrogen-bond donors (Lipinski definition) is 0. The summed E-state index contributed by atoms with van der Waals surface area (Å²) in [6, 6.07) is 0. The fourth-order valence-corrected chi connectivity index (χ4v) is 10.2. The van der Waals surface area contributed by atoms with Gasteiger partial charge < -0.3 is 27.9 Å². The zero-order valence-electron chi connectivity index (χ0n) is 55.1. The Kier molecular flexibility index (Phi) is 61.6. The van der Waals surface area contributed by atoms with E-state index in [0.29, 0.717) is 17.4 Å². The summed E-state index contributed by atoms with van der Waals surface area (Å²) in [6.45, 7) is 4.12. The number of carbonyl (C=O) groups excluding carboxylic acids is 2. The molecular weight excluding hydrogens is 1060 g/mol. The molecule has 0 fully saturated rings. The maximum absolute atomic E-state index is 12.9. The van der Waals surface area contributed by atoms with Gasteiger partial charge in [-0.15, -0.1) is 0 Å². The van der Waals surface area contributed by atoms with Crippen LogP contribution in [0.5, 0.6) is 0 Å². The number of carbonyl (C=O) groups is 2. The third-order valence-corrected chi connectivity index (χ3v) is 15.7. The van der Waals surface area contributed by atoms with E-state index in [-0.39, 0.29) is 32.0 Å². The van der Waals surface area contributed by atoms with Gasteiger partial charge in [-0.25, -0.2) is 0 Å². The van der Waals surface area contributed by atoms with Crippen molar-refractivity contribution in [1.82, 2.24) is 0 Å². The maximum Gasteiger partial charge on any atom is 0.306 e. The van der Waals surface area contributed by atoms with Gasteiger partial charge in [0.1, 0.15) is 19.8 Å². The monoisotopic (exact) mass is 1190 g/mol. The quantitative estimate of drug-likeness (QED) is 0.0195. The third-order valence-electron chi connectivity index (χ3n) is 14.8. The minimum atomic E-state index is -4.65. The lowest BCUT2D eigenvalue weighted by Gasteiger charge is -2.28. The van der Waals surface area contributed by atoms with Crippen LogP contribution in [0, 0.1) is 0 Å². The number of allylic oxidation sites excluding steroid dienone is 18. The highest BCUT2D eigenvalue weighted by Gasteiger charge is 2.22. The number of phosphoric ester groups is 1. The van der Waals surface area contributed by atoms with Gasteiger partial charge in [0, 0.05) is 12.8 Å². The molecule has 0 aliphatic carbocycles.